The Labute approximate surface area is 128 Å². The minimum absolute atomic E-state index is 0. The molecule has 4 nitrogen and oxygen atoms in total. The first kappa shape index (κ1) is 31.3. The van der Waals surface area contributed by atoms with Gasteiger partial charge in [-0.15, -0.1) is 0 Å². The first-order valence-corrected chi connectivity index (χ1v) is 0.651. The first-order valence-electron chi connectivity index (χ1n) is 0.651. The van der Waals surface area contributed by atoms with E-state index in [2.05, 4.69) is 0 Å². The van der Waals surface area contributed by atoms with Crippen molar-refractivity contribution in [2.75, 3.05) is 0 Å². The van der Waals surface area contributed by atoms with Crippen LogP contribution in [-0.4, -0.2) is 54.1 Å². The summed E-state index contributed by atoms with van der Waals surface area (Å²) in [5, 5.41) is 13.9. The van der Waals surface area contributed by atoms with Crippen LogP contribution in [0.5, 0.6) is 0 Å². The molecule has 0 saturated heterocycles. The number of hydrogen-bond acceptors (Lipinski definition) is 2. The molecule has 0 bridgehead atoms. The minimum Gasteiger partial charge on any atom is -1.00 e. The second kappa shape index (κ2) is 22.7. The molecule has 0 aromatic carbocycles. The van der Waals surface area contributed by atoms with Crippen molar-refractivity contribution >= 4 is 43.9 Å². The van der Waals surface area contributed by atoms with Gasteiger partial charge in [-0.1, -0.05) is 0 Å². The molecule has 5 N–H and O–H groups in total. The van der Waals surface area contributed by atoms with Gasteiger partial charge in [-0.25, -0.2) is 4.79 Å². The summed E-state index contributed by atoms with van der Waals surface area (Å²) in [4.78, 5) is 8.56. The molecular weight excluding hydrogens is 160 g/mol. The van der Waals surface area contributed by atoms with E-state index in [1.165, 1.54) is 0 Å². The summed E-state index contributed by atoms with van der Waals surface area (Å²) in [7, 11) is 0. The molecule has 0 spiro atoms. The third-order valence-electron chi connectivity index (χ3n) is 0. The van der Waals surface area contributed by atoms with Crippen LogP contribution >= 0.6 is 0 Å². The van der Waals surface area contributed by atoms with E-state index in [1.807, 2.05) is 0 Å². The maximum atomic E-state index is 8.56. The molecule has 0 saturated carbocycles. The standard InChI is InChI=1S/CH2O3.Ca.H3N.2Na.4H/c2-1(3)4;;;;;;;;/h(H2,2,3,4);;1H3;;;;;;/q;+2;;2*+1;4*-1. The summed E-state index contributed by atoms with van der Waals surface area (Å²) in [5.41, 5.74) is 0. The first-order chi connectivity index (χ1) is 1.73. The van der Waals surface area contributed by atoms with Crippen LogP contribution in [0, 0.1) is 0 Å². The van der Waals surface area contributed by atoms with Crippen molar-refractivity contribution in [3.63, 3.8) is 0 Å². The summed E-state index contributed by atoms with van der Waals surface area (Å²) in [6.45, 7) is 0. The molecule has 0 radical (unpaired) electrons. The van der Waals surface area contributed by atoms with Crippen LogP contribution in [0.25, 0.3) is 0 Å². The molecule has 0 heterocycles. The number of carboxylic acid groups (broad SMARTS) is 2. The Morgan fingerprint density at radius 1 is 1.25 bits per heavy atom. The van der Waals surface area contributed by atoms with Crippen LogP contribution < -0.4 is 65.3 Å². The van der Waals surface area contributed by atoms with Gasteiger partial charge >= 0.3 is 103 Å². The van der Waals surface area contributed by atoms with Crippen LogP contribution in [0.1, 0.15) is 5.71 Å². The van der Waals surface area contributed by atoms with Crippen molar-refractivity contribution in [2.24, 2.45) is 0 Å². The SMILES string of the molecule is N.O=C(O)O.[Ca+2].[H-].[H-].[H-].[H-].[Na+].[Na+]. The molecule has 0 aliphatic carbocycles. The Balaban J connectivity index is -0.00000000161. The molecule has 7 heteroatoms. The maximum Gasteiger partial charge on any atom is 2.00 e. The second-order valence-electron chi connectivity index (χ2n) is 0.283. The zero-order valence-corrected chi connectivity index (χ0v) is 11.4. The van der Waals surface area contributed by atoms with Crippen molar-refractivity contribution in [2.45, 2.75) is 0 Å². The topological polar surface area (TPSA) is 92.5 Å². The van der Waals surface area contributed by atoms with E-state index in [0.717, 1.165) is 0 Å². The maximum absolute atomic E-state index is 8.56. The molecule has 40 valence electrons. The van der Waals surface area contributed by atoms with E-state index in [-0.39, 0.29) is 109 Å². The fourth-order valence-corrected chi connectivity index (χ4v) is 0. The average molecular weight is 169 g/mol. The zero-order valence-electron chi connectivity index (χ0n) is 9.22. The quantitative estimate of drug-likeness (QED) is 0.315. The Morgan fingerprint density at radius 3 is 1.25 bits per heavy atom. The normalized spacial score (nSPS) is 3.00. The van der Waals surface area contributed by atoms with E-state index in [4.69, 9.17) is 15.0 Å². The molecule has 8 heavy (non-hydrogen) atoms. The second-order valence-corrected chi connectivity index (χ2v) is 0.283. The Hall–Kier alpha value is 2.49. The van der Waals surface area contributed by atoms with Crippen LogP contribution in [0.4, 0.5) is 4.79 Å². The molecular formula is CH9CaNNa2O3. The van der Waals surface area contributed by atoms with Gasteiger partial charge in [-0.05, 0) is 0 Å². The van der Waals surface area contributed by atoms with Crippen molar-refractivity contribution < 1.29 is 79.8 Å². The summed E-state index contributed by atoms with van der Waals surface area (Å²) < 4.78 is 0. The van der Waals surface area contributed by atoms with Crippen LogP contribution in [0.15, 0.2) is 0 Å². The number of carbonyl (C=O) groups is 1. The summed E-state index contributed by atoms with van der Waals surface area (Å²) in [6, 6.07) is 0. The van der Waals surface area contributed by atoms with Gasteiger partial charge in [0.1, 0.15) is 0 Å². The summed E-state index contributed by atoms with van der Waals surface area (Å²) >= 11 is 0. The van der Waals surface area contributed by atoms with E-state index in [0.29, 0.717) is 0 Å². The molecule has 0 fully saturated rings. The van der Waals surface area contributed by atoms with Crippen LogP contribution in [0.2, 0.25) is 0 Å². The third kappa shape index (κ3) is 76.8. The van der Waals surface area contributed by atoms with E-state index < -0.39 is 6.16 Å². The fraction of sp³-hybridized carbons (Fsp3) is 0. The Kier molecular flexibility index (Phi) is 88.9. The zero-order chi connectivity index (χ0) is 3.58. The monoisotopic (exact) mass is 169 g/mol. The largest absolute Gasteiger partial charge is 2.00 e. The third-order valence-corrected chi connectivity index (χ3v) is 0. The molecule has 0 unspecified atom stereocenters. The van der Waals surface area contributed by atoms with Crippen molar-refractivity contribution in [3.05, 3.63) is 0 Å². The van der Waals surface area contributed by atoms with Gasteiger partial charge in [0.25, 0.3) is 0 Å². The van der Waals surface area contributed by atoms with Gasteiger partial charge in [0.15, 0.2) is 0 Å². The van der Waals surface area contributed by atoms with Gasteiger partial charge in [0.05, 0.1) is 0 Å². The van der Waals surface area contributed by atoms with Gasteiger partial charge in [-0.3, -0.25) is 0 Å². The van der Waals surface area contributed by atoms with Crippen molar-refractivity contribution in [1.82, 2.24) is 6.15 Å². The number of rotatable bonds is 0. The predicted octanol–water partition coefficient (Wildman–Crippen LogP) is -5.54. The van der Waals surface area contributed by atoms with E-state index in [9.17, 15) is 0 Å². The molecule has 0 rings (SSSR count). The summed E-state index contributed by atoms with van der Waals surface area (Å²) in [5.74, 6) is 0. The van der Waals surface area contributed by atoms with Crippen molar-refractivity contribution in [1.29, 1.82) is 0 Å². The van der Waals surface area contributed by atoms with Crippen molar-refractivity contribution in [3.8, 4) is 0 Å². The smallest absolute Gasteiger partial charge is 1.00 e. The minimum atomic E-state index is -1.83. The van der Waals surface area contributed by atoms with Gasteiger partial charge < -0.3 is 22.1 Å². The van der Waals surface area contributed by atoms with Crippen LogP contribution in [0.3, 0.4) is 0 Å². The van der Waals surface area contributed by atoms with E-state index in [1.54, 1.807) is 0 Å². The van der Waals surface area contributed by atoms with Gasteiger partial charge in [0, 0.05) is 0 Å². The molecule has 0 amide bonds. The molecule has 0 aromatic rings. The average Bonchev–Trinajstić information content (AvgIpc) is 0.811. The Bertz CT molecular complexity index is 51.3. The van der Waals surface area contributed by atoms with Crippen LogP contribution in [-0.2, 0) is 0 Å². The molecule has 0 aliphatic heterocycles. The number of hydrogen-bond donors (Lipinski definition) is 3. The predicted molar refractivity (Wildman–Crippen MR) is 25.9 cm³/mol. The molecule has 0 atom stereocenters. The molecule has 0 aromatic heterocycles. The molecule has 0 aliphatic rings. The summed E-state index contributed by atoms with van der Waals surface area (Å²) in [6.07, 6.45) is -1.83. The Morgan fingerprint density at radius 2 is 1.25 bits per heavy atom. The van der Waals surface area contributed by atoms with Gasteiger partial charge in [0.2, 0.25) is 0 Å². The van der Waals surface area contributed by atoms with E-state index >= 15 is 0 Å². The fourth-order valence-electron chi connectivity index (χ4n) is 0. The van der Waals surface area contributed by atoms with Gasteiger partial charge in [-0.2, -0.15) is 0 Å².